The first kappa shape index (κ1) is 11.5. The van der Waals surface area contributed by atoms with Crippen LogP contribution in [0.25, 0.3) is 5.82 Å². The molecule has 2 heterocycles. The number of nitro groups is 1. The lowest BCUT2D eigenvalue weighted by Gasteiger charge is -2.01. The summed E-state index contributed by atoms with van der Waals surface area (Å²) < 4.78 is 1.25. The number of amides is 1. The van der Waals surface area contributed by atoms with Crippen LogP contribution in [0.2, 0.25) is 0 Å². The van der Waals surface area contributed by atoms with Gasteiger partial charge in [0.15, 0.2) is 5.82 Å². The average molecular weight is 248 g/mol. The van der Waals surface area contributed by atoms with E-state index in [2.05, 4.69) is 10.1 Å². The van der Waals surface area contributed by atoms with Gasteiger partial charge in [-0.1, -0.05) is 0 Å². The van der Waals surface area contributed by atoms with Gasteiger partial charge in [0.1, 0.15) is 5.69 Å². The van der Waals surface area contributed by atoms with Gasteiger partial charge >= 0.3 is 5.69 Å². The van der Waals surface area contributed by atoms with Crippen LogP contribution in [-0.2, 0) is 0 Å². The molecule has 9 heteroatoms. The number of hydrogen-bond donors (Lipinski definition) is 2. The number of nitrogens with zero attached hydrogens (tertiary/aromatic N) is 4. The Morgan fingerprint density at radius 1 is 1.39 bits per heavy atom. The number of primary amides is 1. The third-order valence-corrected chi connectivity index (χ3v) is 2.16. The SMILES string of the molecule is NC(=O)c1ccn(-c2ccc([N+](=O)[O-])c(N)n2)n1. The molecule has 2 aromatic rings. The molecule has 2 rings (SSSR count). The lowest BCUT2D eigenvalue weighted by molar-refractivity contribution is -0.384. The highest BCUT2D eigenvalue weighted by Crippen LogP contribution is 2.19. The van der Waals surface area contributed by atoms with Gasteiger partial charge in [-0.05, 0) is 12.1 Å². The average Bonchev–Trinajstić information content (AvgIpc) is 2.77. The number of carbonyl (C=O) groups excluding carboxylic acids is 1. The van der Waals surface area contributed by atoms with Gasteiger partial charge in [0.2, 0.25) is 5.82 Å². The Kier molecular flexibility index (Phi) is 2.64. The van der Waals surface area contributed by atoms with Gasteiger partial charge in [-0.2, -0.15) is 5.10 Å². The molecule has 0 bridgehead atoms. The molecular weight excluding hydrogens is 240 g/mol. The van der Waals surface area contributed by atoms with E-state index in [0.29, 0.717) is 0 Å². The monoisotopic (exact) mass is 248 g/mol. The summed E-state index contributed by atoms with van der Waals surface area (Å²) in [5, 5.41) is 14.4. The van der Waals surface area contributed by atoms with Gasteiger partial charge in [-0.3, -0.25) is 14.9 Å². The van der Waals surface area contributed by atoms with Gasteiger partial charge in [0.25, 0.3) is 5.91 Å². The first-order valence-electron chi connectivity index (χ1n) is 4.76. The highest BCUT2D eigenvalue weighted by molar-refractivity contribution is 5.90. The number of nitrogens with two attached hydrogens (primary N) is 2. The van der Waals surface area contributed by atoms with Crippen molar-refractivity contribution in [3.05, 3.63) is 40.2 Å². The Morgan fingerprint density at radius 2 is 2.11 bits per heavy atom. The standard InChI is InChI=1S/C9H8N6O3/c10-8-6(15(17)18)1-2-7(12-8)14-4-3-5(13-14)9(11)16/h1-4H,(H2,10,12)(H2,11,16). The van der Waals surface area contributed by atoms with E-state index in [1.54, 1.807) is 0 Å². The summed E-state index contributed by atoms with van der Waals surface area (Å²) in [6.45, 7) is 0. The zero-order valence-electron chi connectivity index (χ0n) is 8.98. The van der Waals surface area contributed by atoms with E-state index in [4.69, 9.17) is 11.5 Å². The van der Waals surface area contributed by atoms with E-state index in [0.717, 1.165) is 0 Å². The maximum absolute atomic E-state index is 10.9. The minimum Gasteiger partial charge on any atom is -0.378 e. The van der Waals surface area contributed by atoms with Gasteiger partial charge in [0, 0.05) is 12.3 Å². The second-order valence-electron chi connectivity index (χ2n) is 3.34. The minimum absolute atomic E-state index is 0.0636. The molecule has 0 unspecified atom stereocenters. The first-order valence-corrected chi connectivity index (χ1v) is 4.76. The summed E-state index contributed by atoms with van der Waals surface area (Å²) in [5.41, 5.74) is 10.3. The summed E-state index contributed by atoms with van der Waals surface area (Å²) in [6, 6.07) is 3.98. The highest BCUT2D eigenvalue weighted by Gasteiger charge is 2.14. The van der Waals surface area contributed by atoms with Crippen molar-refractivity contribution in [1.29, 1.82) is 0 Å². The molecule has 18 heavy (non-hydrogen) atoms. The molecule has 0 aliphatic carbocycles. The van der Waals surface area contributed by atoms with Crippen LogP contribution in [0.15, 0.2) is 24.4 Å². The molecule has 0 aromatic carbocycles. The summed E-state index contributed by atoms with van der Waals surface area (Å²) in [6.07, 6.45) is 1.45. The predicted octanol–water partition coefficient (Wildman–Crippen LogP) is -0.143. The summed E-state index contributed by atoms with van der Waals surface area (Å²) in [4.78, 5) is 24.6. The fourth-order valence-corrected chi connectivity index (χ4v) is 1.32. The first-order chi connectivity index (χ1) is 8.49. The second-order valence-corrected chi connectivity index (χ2v) is 3.34. The highest BCUT2D eigenvalue weighted by atomic mass is 16.6. The van der Waals surface area contributed by atoms with E-state index in [9.17, 15) is 14.9 Å². The summed E-state index contributed by atoms with van der Waals surface area (Å²) in [5.74, 6) is -0.650. The van der Waals surface area contributed by atoms with Crippen molar-refractivity contribution in [2.45, 2.75) is 0 Å². The quantitative estimate of drug-likeness (QED) is 0.571. The van der Waals surface area contributed by atoms with Crippen molar-refractivity contribution in [3.8, 4) is 5.82 Å². The van der Waals surface area contributed by atoms with E-state index in [1.165, 1.54) is 29.1 Å². The van der Waals surface area contributed by atoms with E-state index in [-0.39, 0.29) is 23.0 Å². The van der Waals surface area contributed by atoms with Gasteiger partial charge in [0.05, 0.1) is 4.92 Å². The Bertz CT molecular complexity index is 635. The molecule has 92 valence electrons. The molecule has 0 fully saturated rings. The van der Waals surface area contributed by atoms with Crippen LogP contribution in [-0.4, -0.2) is 25.6 Å². The van der Waals surface area contributed by atoms with Gasteiger partial charge in [-0.25, -0.2) is 9.67 Å². The maximum Gasteiger partial charge on any atom is 0.311 e. The maximum atomic E-state index is 10.9. The molecular formula is C9H8N6O3. The van der Waals surface area contributed by atoms with Crippen LogP contribution >= 0.6 is 0 Å². The van der Waals surface area contributed by atoms with Gasteiger partial charge < -0.3 is 11.5 Å². The number of pyridine rings is 1. The molecule has 9 nitrogen and oxygen atoms in total. The topological polar surface area (TPSA) is 143 Å². The summed E-state index contributed by atoms with van der Waals surface area (Å²) in [7, 11) is 0. The molecule has 0 atom stereocenters. The third kappa shape index (κ3) is 1.96. The zero-order chi connectivity index (χ0) is 13.3. The van der Waals surface area contributed by atoms with Crippen LogP contribution in [0.5, 0.6) is 0 Å². The Labute approximate surface area is 100 Å². The largest absolute Gasteiger partial charge is 0.378 e. The van der Waals surface area contributed by atoms with Crippen molar-refractivity contribution < 1.29 is 9.72 Å². The molecule has 2 aromatic heterocycles. The Morgan fingerprint density at radius 3 is 2.61 bits per heavy atom. The molecule has 0 saturated heterocycles. The number of aromatic nitrogens is 3. The van der Waals surface area contributed by atoms with Crippen LogP contribution < -0.4 is 11.5 Å². The zero-order valence-corrected chi connectivity index (χ0v) is 8.98. The van der Waals surface area contributed by atoms with Gasteiger partial charge in [-0.15, -0.1) is 0 Å². The fourth-order valence-electron chi connectivity index (χ4n) is 1.32. The van der Waals surface area contributed by atoms with Crippen molar-refractivity contribution >= 4 is 17.4 Å². The lowest BCUT2D eigenvalue weighted by Crippen LogP contribution is -2.12. The number of carbonyl (C=O) groups is 1. The van der Waals surface area contributed by atoms with Crippen LogP contribution in [0.1, 0.15) is 10.5 Å². The molecule has 1 amide bonds. The minimum atomic E-state index is -0.677. The lowest BCUT2D eigenvalue weighted by atomic mass is 10.4. The second kappa shape index (κ2) is 4.13. The molecule has 0 aliphatic heterocycles. The smallest absolute Gasteiger partial charge is 0.311 e. The molecule has 0 aliphatic rings. The number of rotatable bonds is 3. The van der Waals surface area contributed by atoms with Crippen molar-refractivity contribution in [2.24, 2.45) is 5.73 Å². The number of nitrogen functional groups attached to an aromatic ring is 1. The molecule has 4 N–H and O–H groups in total. The van der Waals surface area contributed by atoms with E-state index >= 15 is 0 Å². The number of anilines is 1. The predicted molar refractivity (Wildman–Crippen MR) is 60.9 cm³/mol. The van der Waals surface area contributed by atoms with Crippen molar-refractivity contribution in [2.75, 3.05) is 5.73 Å². The van der Waals surface area contributed by atoms with Crippen LogP contribution in [0.4, 0.5) is 11.5 Å². The normalized spacial score (nSPS) is 10.2. The Hall–Kier alpha value is -2.97. The molecule has 0 radical (unpaired) electrons. The van der Waals surface area contributed by atoms with Crippen LogP contribution in [0.3, 0.4) is 0 Å². The third-order valence-electron chi connectivity index (χ3n) is 2.16. The number of hydrogen-bond acceptors (Lipinski definition) is 6. The van der Waals surface area contributed by atoms with Crippen molar-refractivity contribution in [3.63, 3.8) is 0 Å². The molecule has 0 saturated carbocycles. The van der Waals surface area contributed by atoms with Crippen LogP contribution in [0, 0.1) is 10.1 Å². The van der Waals surface area contributed by atoms with E-state index in [1.807, 2.05) is 0 Å². The summed E-state index contributed by atoms with van der Waals surface area (Å²) >= 11 is 0. The van der Waals surface area contributed by atoms with E-state index < -0.39 is 10.8 Å². The Balaban J connectivity index is 2.42. The molecule has 0 spiro atoms. The van der Waals surface area contributed by atoms with Crippen molar-refractivity contribution in [1.82, 2.24) is 14.8 Å². The fraction of sp³-hybridized carbons (Fsp3) is 0.